The number of carbonyl (C=O) groups excluding carboxylic acids is 5. The van der Waals surface area contributed by atoms with Crippen LogP contribution in [0.1, 0.15) is 85.4 Å². The lowest BCUT2D eigenvalue weighted by atomic mass is 9.89. The lowest BCUT2D eigenvalue weighted by Crippen LogP contribution is -2.59. The van der Waals surface area contributed by atoms with Crippen molar-refractivity contribution in [2.24, 2.45) is 23.7 Å². The molecule has 2 heterocycles. The van der Waals surface area contributed by atoms with E-state index in [2.05, 4.69) is 20.9 Å². The van der Waals surface area contributed by atoms with E-state index in [9.17, 15) is 24.0 Å². The van der Waals surface area contributed by atoms with Gasteiger partial charge in [-0.2, -0.15) is 0 Å². The molecule has 61 heavy (non-hydrogen) atoms. The maximum Gasteiger partial charge on any atom is 0.245 e. The van der Waals surface area contributed by atoms with E-state index in [0.29, 0.717) is 30.8 Å². The van der Waals surface area contributed by atoms with Gasteiger partial charge in [-0.15, -0.1) is 0 Å². The van der Waals surface area contributed by atoms with Crippen molar-refractivity contribution < 1.29 is 33.4 Å². The molecule has 0 radical (unpaired) electrons. The van der Waals surface area contributed by atoms with Crippen LogP contribution in [-0.4, -0.2) is 134 Å². The van der Waals surface area contributed by atoms with Crippen LogP contribution in [-0.2, 0) is 46.4 Å². The van der Waals surface area contributed by atoms with Gasteiger partial charge in [-0.3, -0.25) is 33.9 Å². The largest absolute Gasteiger partial charge is 0.399 e. The Labute approximate surface area is 364 Å². The van der Waals surface area contributed by atoms with E-state index < -0.39 is 54.2 Å². The average molecular weight is 851 g/mol. The van der Waals surface area contributed by atoms with Crippen LogP contribution in [0.15, 0.2) is 48.7 Å². The van der Waals surface area contributed by atoms with E-state index >= 15 is 0 Å². The third-order valence-corrected chi connectivity index (χ3v) is 12.2. The number of amides is 5. The number of anilines is 1. The van der Waals surface area contributed by atoms with Gasteiger partial charge in [-0.25, -0.2) is 0 Å². The molecule has 0 saturated carbocycles. The van der Waals surface area contributed by atoms with Crippen molar-refractivity contribution in [2.45, 2.75) is 130 Å². The van der Waals surface area contributed by atoms with Crippen LogP contribution in [0.4, 0.5) is 5.69 Å². The maximum absolute atomic E-state index is 14.4. The van der Waals surface area contributed by atoms with Gasteiger partial charge in [0.25, 0.3) is 0 Å². The first-order valence-electron chi connectivity index (χ1n) is 21.8. The van der Waals surface area contributed by atoms with E-state index in [1.54, 1.807) is 61.3 Å². The lowest BCUT2D eigenvalue weighted by molar-refractivity contribution is -0.148. The molecular weight excluding hydrogens is 777 g/mol. The fourth-order valence-corrected chi connectivity index (χ4v) is 8.60. The molecule has 340 valence electrons. The van der Waals surface area contributed by atoms with Crippen molar-refractivity contribution in [3.8, 4) is 0 Å². The number of ether oxygens (including phenoxy) is 2. The molecule has 2 aromatic rings. The van der Waals surface area contributed by atoms with Gasteiger partial charge in [0.05, 0.1) is 42.7 Å². The zero-order valence-electron chi connectivity index (χ0n) is 38.6. The lowest BCUT2D eigenvalue weighted by Gasteiger charge is -2.41. The molecule has 5 amide bonds. The molecule has 15 heteroatoms. The Bertz CT molecular complexity index is 1700. The van der Waals surface area contributed by atoms with Gasteiger partial charge >= 0.3 is 0 Å². The minimum absolute atomic E-state index is 0.00821. The highest BCUT2D eigenvalue weighted by molar-refractivity contribution is 5.90. The summed E-state index contributed by atoms with van der Waals surface area (Å²) < 4.78 is 12.1. The molecule has 5 N–H and O–H groups in total. The van der Waals surface area contributed by atoms with Crippen LogP contribution in [0.25, 0.3) is 0 Å². The number of carbonyl (C=O) groups is 5. The van der Waals surface area contributed by atoms with Gasteiger partial charge in [-0.1, -0.05) is 73.1 Å². The molecule has 0 aliphatic carbocycles. The number of pyridine rings is 1. The number of nitrogens with one attached hydrogen (secondary N) is 3. The number of nitrogens with two attached hydrogens (primary N) is 1. The molecule has 1 fully saturated rings. The number of likely N-dealkylation sites (tertiary alicyclic amines) is 1. The van der Waals surface area contributed by atoms with Gasteiger partial charge in [0.1, 0.15) is 12.1 Å². The van der Waals surface area contributed by atoms with Crippen molar-refractivity contribution in [1.82, 2.24) is 35.6 Å². The summed E-state index contributed by atoms with van der Waals surface area (Å²) >= 11 is 0. The highest BCUT2D eigenvalue weighted by Gasteiger charge is 2.43. The van der Waals surface area contributed by atoms with E-state index in [4.69, 9.17) is 15.2 Å². The Morgan fingerprint density at radius 2 is 1.56 bits per heavy atom. The maximum atomic E-state index is 14.4. The Morgan fingerprint density at radius 1 is 0.885 bits per heavy atom. The Balaban J connectivity index is 1.79. The highest BCUT2D eigenvalue weighted by Crippen LogP contribution is 2.30. The Kier molecular flexibility index (Phi) is 20.1. The second kappa shape index (κ2) is 24.1. The number of nitrogens with zero attached hydrogens (tertiary/aromatic N) is 4. The number of nitrogen functional groups attached to an aromatic ring is 1. The summed E-state index contributed by atoms with van der Waals surface area (Å²) in [6.07, 6.45) is 2.52. The Hall–Kier alpha value is -4.60. The minimum Gasteiger partial charge on any atom is -0.399 e. The van der Waals surface area contributed by atoms with Crippen LogP contribution in [0, 0.1) is 23.7 Å². The zero-order valence-corrected chi connectivity index (χ0v) is 38.6. The number of likely N-dealkylation sites (N-methyl/N-ethyl adjacent to an activating group) is 2. The highest BCUT2D eigenvalue weighted by atomic mass is 16.5. The number of hydrogen-bond acceptors (Lipinski definition) is 10. The molecular formula is C46H74N8O7. The molecule has 15 nitrogen and oxygen atoms in total. The summed E-state index contributed by atoms with van der Waals surface area (Å²) in [6, 6.07) is 9.58. The molecule has 1 aliphatic rings. The number of methoxy groups -OCH3 is 2. The topological polar surface area (TPSA) is 189 Å². The van der Waals surface area contributed by atoms with E-state index in [0.717, 1.165) is 12.0 Å². The van der Waals surface area contributed by atoms with E-state index in [1.165, 1.54) is 7.11 Å². The molecule has 0 unspecified atom stereocenters. The minimum atomic E-state index is -0.926. The molecule has 1 aliphatic heterocycles. The first kappa shape index (κ1) is 50.8. The summed E-state index contributed by atoms with van der Waals surface area (Å²) in [5.74, 6) is -2.34. The van der Waals surface area contributed by atoms with Crippen LogP contribution in [0.5, 0.6) is 0 Å². The van der Waals surface area contributed by atoms with Crippen LogP contribution in [0.3, 0.4) is 0 Å². The fourth-order valence-electron chi connectivity index (χ4n) is 8.60. The first-order valence-corrected chi connectivity index (χ1v) is 21.8. The number of rotatable bonds is 23. The summed E-state index contributed by atoms with van der Waals surface area (Å²) in [4.78, 5) is 79.5. The standard InChI is InChI=1S/C46H74N8O7/c1-13-30(6)41(53(10)46(59)39(28(2)3)51-45(58)40(29(4)5)52(8)9)37(60-11)26-38(55)54-24-16-18-36(54)42(61-12)31(7)43(56)50-35(25-34-17-14-15-23-48-34)44(57)49-27-32-19-21-33(47)22-20-32/h14-15,17,19-23,28-31,35-37,39-42H,13,16,18,24-27,47H2,1-12H3,(H,49,57)(H,50,56)(H,51,58)/t30-,31+,35-,36-,37+,39-,40-,41-,42+/m0/s1. The second-order valence-electron chi connectivity index (χ2n) is 17.5. The van der Waals surface area contributed by atoms with Crippen LogP contribution in [0.2, 0.25) is 0 Å². The van der Waals surface area contributed by atoms with Crippen molar-refractivity contribution >= 4 is 35.2 Å². The SMILES string of the molecule is CC[C@H](C)[C@@H]([C@@H](CC(=O)N1CCC[C@H]1[C@H](OC)[C@@H](C)C(=O)N[C@@H](Cc1ccccn1)C(=O)NCc1ccc(N)cc1)OC)N(C)C(=O)[C@@H](NC(=O)[C@H](C(C)C)N(C)C)C(C)C. The fraction of sp³-hybridized carbons (Fsp3) is 0.652. The molecule has 0 bridgehead atoms. The first-order chi connectivity index (χ1) is 28.9. The summed E-state index contributed by atoms with van der Waals surface area (Å²) in [6.45, 7) is 14.3. The van der Waals surface area contributed by atoms with Gasteiger partial charge in [0.2, 0.25) is 29.5 Å². The molecule has 0 spiro atoms. The third kappa shape index (κ3) is 14.0. The van der Waals surface area contributed by atoms with Crippen molar-refractivity contribution in [2.75, 3.05) is 47.6 Å². The quantitative estimate of drug-likeness (QED) is 0.120. The second-order valence-corrected chi connectivity index (χ2v) is 17.5. The number of hydrogen-bond donors (Lipinski definition) is 4. The van der Waals surface area contributed by atoms with Crippen LogP contribution >= 0.6 is 0 Å². The number of aromatic nitrogens is 1. The van der Waals surface area contributed by atoms with Crippen molar-refractivity contribution in [3.05, 3.63) is 59.9 Å². The molecule has 1 aromatic heterocycles. The van der Waals surface area contributed by atoms with Crippen molar-refractivity contribution in [3.63, 3.8) is 0 Å². The molecule has 1 aromatic carbocycles. The monoisotopic (exact) mass is 851 g/mol. The van der Waals surface area contributed by atoms with Gasteiger partial charge in [-0.05, 0) is 74.5 Å². The Morgan fingerprint density at radius 3 is 2.10 bits per heavy atom. The van der Waals surface area contributed by atoms with Gasteiger partial charge in [0.15, 0.2) is 0 Å². The zero-order chi connectivity index (χ0) is 45.6. The smallest absolute Gasteiger partial charge is 0.245 e. The average Bonchev–Trinajstić information content (AvgIpc) is 3.71. The van der Waals surface area contributed by atoms with Crippen molar-refractivity contribution in [1.29, 1.82) is 0 Å². The summed E-state index contributed by atoms with van der Waals surface area (Å²) in [5.41, 5.74) is 7.95. The third-order valence-electron chi connectivity index (χ3n) is 12.2. The van der Waals surface area contributed by atoms with E-state index in [-0.39, 0.29) is 60.8 Å². The summed E-state index contributed by atoms with van der Waals surface area (Å²) in [5, 5.41) is 8.93. The molecule has 9 atom stereocenters. The van der Waals surface area contributed by atoms with Gasteiger partial charge in [0, 0.05) is 58.4 Å². The van der Waals surface area contributed by atoms with Crippen LogP contribution < -0.4 is 21.7 Å². The predicted octanol–water partition coefficient (Wildman–Crippen LogP) is 3.65. The summed E-state index contributed by atoms with van der Waals surface area (Å²) in [7, 11) is 8.51. The van der Waals surface area contributed by atoms with E-state index in [1.807, 2.05) is 78.7 Å². The number of benzene rings is 1. The molecule has 3 rings (SSSR count). The van der Waals surface area contributed by atoms with Gasteiger partial charge < -0.3 is 41.0 Å². The normalized spacial score (nSPS) is 18.1. The predicted molar refractivity (Wildman–Crippen MR) is 238 cm³/mol. The molecule has 1 saturated heterocycles.